The summed E-state index contributed by atoms with van der Waals surface area (Å²) >= 11 is 0. The van der Waals surface area contributed by atoms with Crippen molar-refractivity contribution in [3.63, 3.8) is 0 Å². The van der Waals surface area contributed by atoms with Crippen molar-refractivity contribution in [2.75, 3.05) is 24.5 Å². The molecular formula is C19H21N3O3. The van der Waals surface area contributed by atoms with Crippen LogP contribution >= 0.6 is 0 Å². The van der Waals surface area contributed by atoms with Gasteiger partial charge in [-0.2, -0.15) is 0 Å². The number of nitrogens with one attached hydrogen (secondary N) is 2. The number of benzene rings is 2. The van der Waals surface area contributed by atoms with Crippen molar-refractivity contribution in [3.8, 4) is 0 Å². The summed E-state index contributed by atoms with van der Waals surface area (Å²) in [5.41, 5.74) is 0.844. The average Bonchev–Trinajstić information content (AvgIpc) is 2.99. The molecule has 130 valence electrons. The maximum Gasteiger partial charge on any atom is 0.227 e. The molecule has 6 heteroatoms. The molecular weight excluding hydrogens is 318 g/mol. The van der Waals surface area contributed by atoms with Gasteiger partial charge < -0.3 is 15.5 Å². The van der Waals surface area contributed by atoms with Crippen LogP contribution in [0.4, 0.5) is 5.69 Å². The molecule has 1 aliphatic heterocycles. The smallest absolute Gasteiger partial charge is 0.227 e. The molecule has 1 fully saturated rings. The molecule has 1 unspecified atom stereocenters. The Labute approximate surface area is 146 Å². The SMILES string of the molecule is CC(=O)NCCNC(=O)C1CC(=O)N(c2cccc3ccccc23)C1. The zero-order valence-electron chi connectivity index (χ0n) is 14.1. The van der Waals surface area contributed by atoms with Gasteiger partial charge in [-0.15, -0.1) is 0 Å². The van der Waals surface area contributed by atoms with Crippen LogP contribution < -0.4 is 15.5 Å². The third-order valence-corrected chi connectivity index (χ3v) is 4.35. The summed E-state index contributed by atoms with van der Waals surface area (Å²) in [6.07, 6.45) is 0.204. The van der Waals surface area contributed by atoms with Crippen LogP contribution in [-0.2, 0) is 14.4 Å². The van der Waals surface area contributed by atoms with E-state index in [1.165, 1.54) is 6.92 Å². The van der Waals surface area contributed by atoms with E-state index < -0.39 is 0 Å². The molecule has 0 spiro atoms. The Morgan fingerprint density at radius 1 is 1.08 bits per heavy atom. The summed E-state index contributed by atoms with van der Waals surface area (Å²) in [6, 6.07) is 13.7. The van der Waals surface area contributed by atoms with Gasteiger partial charge in [0, 0.05) is 38.4 Å². The number of nitrogens with zero attached hydrogens (tertiary/aromatic N) is 1. The zero-order chi connectivity index (χ0) is 17.8. The number of anilines is 1. The van der Waals surface area contributed by atoms with Crippen LogP contribution in [0.2, 0.25) is 0 Å². The number of rotatable bonds is 5. The number of carbonyl (C=O) groups is 3. The number of hydrogen-bond acceptors (Lipinski definition) is 3. The maximum atomic E-state index is 12.4. The highest BCUT2D eigenvalue weighted by molar-refractivity contribution is 6.06. The fraction of sp³-hybridized carbons (Fsp3) is 0.316. The van der Waals surface area contributed by atoms with Crippen LogP contribution in [0.5, 0.6) is 0 Å². The molecule has 0 saturated carbocycles. The number of amides is 3. The van der Waals surface area contributed by atoms with Crippen molar-refractivity contribution in [1.29, 1.82) is 0 Å². The van der Waals surface area contributed by atoms with Crippen LogP contribution in [0.25, 0.3) is 10.8 Å². The normalized spacial score (nSPS) is 16.9. The lowest BCUT2D eigenvalue weighted by Crippen LogP contribution is -2.38. The van der Waals surface area contributed by atoms with E-state index in [0.717, 1.165) is 16.5 Å². The third-order valence-electron chi connectivity index (χ3n) is 4.35. The van der Waals surface area contributed by atoms with Crippen molar-refractivity contribution < 1.29 is 14.4 Å². The molecule has 2 aromatic carbocycles. The van der Waals surface area contributed by atoms with Gasteiger partial charge in [0.2, 0.25) is 17.7 Å². The number of carbonyl (C=O) groups excluding carboxylic acids is 3. The van der Waals surface area contributed by atoms with Gasteiger partial charge in [-0.3, -0.25) is 14.4 Å². The Kier molecular flexibility index (Phi) is 4.97. The Hall–Kier alpha value is -2.89. The van der Waals surface area contributed by atoms with E-state index in [2.05, 4.69) is 10.6 Å². The van der Waals surface area contributed by atoms with Crippen molar-refractivity contribution in [2.45, 2.75) is 13.3 Å². The average molecular weight is 339 g/mol. The first-order valence-electron chi connectivity index (χ1n) is 8.36. The minimum atomic E-state index is -0.371. The molecule has 1 atom stereocenters. The largest absolute Gasteiger partial charge is 0.355 e. The fourth-order valence-electron chi connectivity index (χ4n) is 3.13. The minimum absolute atomic E-state index is 0.0432. The first kappa shape index (κ1) is 17.0. The second kappa shape index (κ2) is 7.34. The molecule has 2 N–H and O–H groups in total. The first-order valence-corrected chi connectivity index (χ1v) is 8.36. The van der Waals surface area contributed by atoms with Gasteiger partial charge in [-0.1, -0.05) is 36.4 Å². The van der Waals surface area contributed by atoms with E-state index >= 15 is 0 Å². The Morgan fingerprint density at radius 2 is 1.80 bits per heavy atom. The number of fused-ring (bicyclic) bond motifs is 1. The van der Waals surface area contributed by atoms with Gasteiger partial charge in [0.25, 0.3) is 0 Å². The Balaban J connectivity index is 1.68. The van der Waals surface area contributed by atoms with Gasteiger partial charge in [-0.25, -0.2) is 0 Å². The molecule has 6 nitrogen and oxygen atoms in total. The van der Waals surface area contributed by atoms with Crippen LogP contribution in [0.3, 0.4) is 0 Å². The Morgan fingerprint density at radius 3 is 2.60 bits per heavy atom. The maximum absolute atomic E-state index is 12.4. The van der Waals surface area contributed by atoms with Gasteiger partial charge in [0.1, 0.15) is 0 Å². The van der Waals surface area contributed by atoms with E-state index in [9.17, 15) is 14.4 Å². The van der Waals surface area contributed by atoms with Crippen molar-refractivity contribution in [2.24, 2.45) is 5.92 Å². The Bertz CT molecular complexity index is 813. The second-order valence-electron chi connectivity index (χ2n) is 6.18. The lowest BCUT2D eigenvalue weighted by atomic mass is 10.1. The molecule has 2 aromatic rings. The highest BCUT2D eigenvalue weighted by atomic mass is 16.2. The molecule has 0 radical (unpaired) electrons. The predicted molar refractivity (Wildman–Crippen MR) is 96.1 cm³/mol. The lowest BCUT2D eigenvalue weighted by Gasteiger charge is -2.19. The lowest BCUT2D eigenvalue weighted by molar-refractivity contribution is -0.126. The molecule has 1 saturated heterocycles. The van der Waals surface area contributed by atoms with Crippen LogP contribution in [0.15, 0.2) is 42.5 Å². The minimum Gasteiger partial charge on any atom is -0.355 e. The van der Waals surface area contributed by atoms with E-state index in [1.54, 1.807) is 4.90 Å². The van der Waals surface area contributed by atoms with Crippen molar-refractivity contribution in [1.82, 2.24) is 10.6 Å². The molecule has 3 amide bonds. The summed E-state index contributed by atoms with van der Waals surface area (Å²) in [7, 11) is 0. The summed E-state index contributed by atoms with van der Waals surface area (Å²) in [4.78, 5) is 37.2. The summed E-state index contributed by atoms with van der Waals surface area (Å²) in [6.45, 7) is 2.55. The highest BCUT2D eigenvalue weighted by Crippen LogP contribution is 2.31. The summed E-state index contributed by atoms with van der Waals surface area (Å²) in [5.74, 6) is -0.698. The molecule has 1 aliphatic rings. The fourth-order valence-corrected chi connectivity index (χ4v) is 3.13. The van der Waals surface area contributed by atoms with Crippen LogP contribution in [0.1, 0.15) is 13.3 Å². The van der Waals surface area contributed by atoms with Crippen LogP contribution in [-0.4, -0.2) is 37.4 Å². The quantitative estimate of drug-likeness (QED) is 0.809. The van der Waals surface area contributed by atoms with Gasteiger partial charge in [-0.05, 0) is 11.5 Å². The van der Waals surface area contributed by atoms with E-state index in [-0.39, 0.29) is 30.1 Å². The number of hydrogen-bond donors (Lipinski definition) is 2. The summed E-state index contributed by atoms with van der Waals surface area (Å²) in [5, 5.41) is 7.47. The second-order valence-corrected chi connectivity index (χ2v) is 6.18. The van der Waals surface area contributed by atoms with Gasteiger partial charge in [0.15, 0.2) is 0 Å². The molecule has 0 bridgehead atoms. The first-order chi connectivity index (χ1) is 12.1. The van der Waals surface area contributed by atoms with Crippen molar-refractivity contribution in [3.05, 3.63) is 42.5 Å². The third kappa shape index (κ3) is 3.79. The molecule has 0 aliphatic carbocycles. The predicted octanol–water partition coefficient (Wildman–Crippen LogP) is 1.44. The standard InChI is InChI=1S/C19H21N3O3/c1-13(23)20-9-10-21-19(25)15-11-18(24)22(12-15)17-8-4-6-14-5-2-3-7-16(14)17/h2-8,15H,9-12H2,1H3,(H,20,23)(H,21,25). The summed E-state index contributed by atoms with van der Waals surface area (Å²) < 4.78 is 0. The molecule has 25 heavy (non-hydrogen) atoms. The molecule has 3 rings (SSSR count). The molecule has 0 aromatic heterocycles. The van der Waals surface area contributed by atoms with E-state index in [1.807, 2.05) is 42.5 Å². The van der Waals surface area contributed by atoms with E-state index in [4.69, 9.17) is 0 Å². The molecule has 1 heterocycles. The van der Waals surface area contributed by atoms with Gasteiger partial charge in [0.05, 0.1) is 11.6 Å². The van der Waals surface area contributed by atoms with Gasteiger partial charge >= 0.3 is 0 Å². The topological polar surface area (TPSA) is 78.5 Å². The monoisotopic (exact) mass is 339 g/mol. The van der Waals surface area contributed by atoms with Crippen molar-refractivity contribution >= 4 is 34.2 Å². The van der Waals surface area contributed by atoms with E-state index in [0.29, 0.717) is 19.6 Å². The zero-order valence-corrected chi connectivity index (χ0v) is 14.1. The highest BCUT2D eigenvalue weighted by Gasteiger charge is 2.35. The van der Waals surface area contributed by atoms with Crippen LogP contribution in [0, 0.1) is 5.92 Å².